The molecule has 1 heterocycles. The summed E-state index contributed by atoms with van der Waals surface area (Å²) in [7, 11) is 0. The molecule has 0 spiro atoms. The van der Waals surface area contributed by atoms with Crippen molar-refractivity contribution < 1.29 is 42.6 Å². The number of nitrogens with one attached hydrogen (secondary N) is 1. The summed E-state index contributed by atoms with van der Waals surface area (Å²) in [6.45, 7) is 1.94. The summed E-state index contributed by atoms with van der Waals surface area (Å²) in [5.41, 5.74) is -1.75. The van der Waals surface area contributed by atoms with Crippen molar-refractivity contribution in [2.45, 2.75) is 24.8 Å². The lowest BCUT2D eigenvalue weighted by Gasteiger charge is -2.18. The maximum atomic E-state index is 13.0. The Labute approximate surface area is 162 Å². The molecule has 2 rings (SSSR count). The Morgan fingerprint density at radius 2 is 1.75 bits per heavy atom. The highest BCUT2D eigenvalue weighted by Crippen LogP contribution is 2.33. The second-order valence-corrected chi connectivity index (χ2v) is 7.17. The number of thioether (sulfide) groups is 1. The fraction of sp³-hybridized carbons (Fsp3) is 0.412. The van der Waals surface area contributed by atoms with Gasteiger partial charge in [-0.15, -0.1) is 11.8 Å². The van der Waals surface area contributed by atoms with Gasteiger partial charge in [-0.05, 0) is 13.0 Å². The topological polar surface area (TPSA) is 131 Å². The number of hydrogen-bond donors (Lipinski definition) is 3. The van der Waals surface area contributed by atoms with Crippen molar-refractivity contribution >= 4 is 35.4 Å². The van der Waals surface area contributed by atoms with Gasteiger partial charge in [0, 0.05) is 17.2 Å². The predicted octanol–water partition coefficient (Wildman–Crippen LogP) is 2.30. The molecule has 7 nitrogen and oxygen atoms in total. The molecule has 1 fully saturated rings. The number of carbonyl (C=O) groups is 4. The first-order valence-corrected chi connectivity index (χ1v) is 9.01. The number of amides is 1. The average molecular weight is 421 g/mol. The maximum Gasteiger partial charge on any atom is 0.417 e. The average Bonchev–Trinajstić information content (AvgIpc) is 3.39. The Balaban J connectivity index is 0.000000863. The highest BCUT2D eigenvalue weighted by atomic mass is 32.2. The molecular formula is C17H18F3NO6S. The minimum atomic E-state index is -4.75. The van der Waals surface area contributed by atoms with Crippen LogP contribution in [-0.2, 0) is 20.6 Å². The molecule has 28 heavy (non-hydrogen) atoms. The number of carboxylic acids is 2. The Hall–Kier alpha value is -2.56. The first-order chi connectivity index (χ1) is 12.9. The van der Waals surface area contributed by atoms with Crippen molar-refractivity contribution in [1.29, 1.82) is 0 Å². The summed E-state index contributed by atoms with van der Waals surface area (Å²) in [5, 5.41) is 19.2. The third-order valence-corrected chi connectivity index (χ3v) is 4.80. The fourth-order valence-corrected chi connectivity index (χ4v) is 2.90. The monoisotopic (exact) mass is 421 g/mol. The second kappa shape index (κ2) is 10.1. The van der Waals surface area contributed by atoms with Crippen molar-refractivity contribution in [1.82, 2.24) is 5.32 Å². The number of carboxylic acid groups (broad SMARTS) is 2. The van der Waals surface area contributed by atoms with E-state index < -0.39 is 52.6 Å². The Morgan fingerprint density at radius 3 is 2.18 bits per heavy atom. The summed E-state index contributed by atoms with van der Waals surface area (Å²) in [6.07, 6.45) is -5.42. The number of rotatable bonds is 8. The second-order valence-electron chi connectivity index (χ2n) is 5.79. The number of alkyl halides is 3. The molecule has 3 N–H and O–H groups in total. The van der Waals surface area contributed by atoms with Gasteiger partial charge in [0.15, 0.2) is 5.78 Å². The van der Waals surface area contributed by atoms with Gasteiger partial charge in [-0.25, -0.2) is 0 Å². The van der Waals surface area contributed by atoms with E-state index in [9.17, 15) is 32.3 Å². The van der Waals surface area contributed by atoms with Gasteiger partial charge >= 0.3 is 18.1 Å². The van der Waals surface area contributed by atoms with E-state index in [2.05, 4.69) is 5.32 Å². The summed E-state index contributed by atoms with van der Waals surface area (Å²) in [4.78, 5) is 43.5. The van der Waals surface area contributed by atoms with Crippen molar-refractivity contribution in [2.24, 2.45) is 5.92 Å². The first kappa shape index (κ1) is 23.5. The van der Waals surface area contributed by atoms with E-state index in [0.29, 0.717) is 6.54 Å². The van der Waals surface area contributed by atoms with E-state index in [1.54, 1.807) is 0 Å². The summed E-state index contributed by atoms with van der Waals surface area (Å²) < 4.78 is 39.0. The van der Waals surface area contributed by atoms with Crippen LogP contribution in [0, 0.1) is 5.92 Å². The molecule has 1 saturated heterocycles. The molecule has 1 aromatic carbocycles. The van der Waals surface area contributed by atoms with E-state index >= 15 is 0 Å². The van der Waals surface area contributed by atoms with Crippen molar-refractivity contribution in [3.8, 4) is 0 Å². The molecule has 0 saturated carbocycles. The van der Waals surface area contributed by atoms with Gasteiger partial charge in [0.1, 0.15) is 0 Å². The van der Waals surface area contributed by atoms with Crippen molar-refractivity contribution in [3.63, 3.8) is 0 Å². The molecule has 154 valence electrons. The number of Topliss-reactive ketones (excluding diaryl/α,β-unsaturated/α-hetero) is 1. The SMILES string of the molecule is CC(SCC(CC(=O)O)C(=O)c1ccccc1C(F)(F)F)C(=O)O.O=C1CN1. The zero-order valence-corrected chi connectivity index (χ0v) is 15.5. The quantitative estimate of drug-likeness (QED) is 0.434. The molecular weight excluding hydrogens is 403 g/mol. The minimum absolute atomic E-state index is 0.167. The molecule has 0 aromatic heterocycles. The van der Waals surface area contributed by atoms with Crippen LogP contribution in [0.3, 0.4) is 0 Å². The summed E-state index contributed by atoms with van der Waals surface area (Å²) >= 11 is 0.806. The van der Waals surface area contributed by atoms with E-state index in [-0.39, 0.29) is 11.7 Å². The van der Waals surface area contributed by atoms with E-state index in [4.69, 9.17) is 10.2 Å². The number of ketones is 1. The highest BCUT2D eigenvalue weighted by molar-refractivity contribution is 8.00. The van der Waals surface area contributed by atoms with Crippen LogP contribution in [0.4, 0.5) is 13.2 Å². The number of carbonyl (C=O) groups excluding carboxylic acids is 2. The van der Waals surface area contributed by atoms with E-state index in [1.165, 1.54) is 13.0 Å². The van der Waals surface area contributed by atoms with Crippen LogP contribution in [0.15, 0.2) is 24.3 Å². The lowest BCUT2D eigenvalue weighted by molar-refractivity contribution is -0.138. The Bertz CT molecular complexity index is 747. The summed E-state index contributed by atoms with van der Waals surface area (Å²) in [6, 6.07) is 4.13. The standard InChI is InChI=1S/C15H15F3O5S.C2H3NO/c1-8(14(22)23)24-7-9(6-12(19)20)13(21)10-4-2-3-5-11(10)15(16,17)18;4-2-1-3-2/h2-5,8-9H,6-7H2,1H3,(H,19,20)(H,22,23);1H2,(H,3,4). The van der Waals surface area contributed by atoms with E-state index in [1.807, 2.05) is 0 Å². The molecule has 11 heteroatoms. The summed E-state index contributed by atoms with van der Waals surface area (Å²) in [5.74, 6) is -4.75. The number of halogens is 3. The molecule has 0 bridgehead atoms. The minimum Gasteiger partial charge on any atom is -0.481 e. The predicted molar refractivity (Wildman–Crippen MR) is 94.1 cm³/mol. The molecule has 2 atom stereocenters. The Morgan fingerprint density at radius 1 is 1.21 bits per heavy atom. The zero-order chi connectivity index (χ0) is 21.5. The van der Waals surface area contributed by atoms with Crippen LogP contribution in [-0.4, -0.2) is 51.4 Å². The zero-order valence-electron chi connectivity index (χ0n) is 14.7. The van der Waals surface area contributed by atoms with Crippen LogP contribution >= 0.6 is 11.8 Å². The lowest BCUT2D eigenvalue weighted by atomic mass is 9.93. The van der Waals surface area contributed by atoms with Crippen LogP contribution in [0.2, 0.25) is 0 Å². The number of benzene rings is 1. The molecule has 0 aliphatic carbocycles. The number of hydrogen-bond acceptors (Lipinski definition) is 5. The lowest BCUT2D eigenvalue weighted by Crippen LogP contribution is -2.25. The van der Waals surface area contributed by atoms with Gasteiger partial charge in [0.25, 0.3) is 0 Å². The highest BCUT2D eigenvalue weighted by Gasteiger charge is 2.36. The van der Waals surface area contributed by atoms with Gasteiger partial charge in [0.05, 0.1) is 23.8 Å². The van der Waals surface area contributed by atoms with Crippen LogP contribution < -0.4 is 5.32 Å². The van der Waals surface area contributed by atoms with Gasteiger partial charge in [-0.1, -0.05) is 18.2 Å². The van der Waals surface area contributed by atoms with Gasteiger partial charge < -0.3 is 15.5 Å². The van der Waals surface area contributed by atoms with Gasteiger partial charge in [-0.2, -0.15) is 13.2 Å². The molecule has 0 radical (unpaired) electrons. The molecule has 1 aliphatic rings. The molecule has 1 aromatic rings. The molecule has 2 unspecified atom stereocenters. The maximum absolute atomic E-state index is 13.0. The number of aliphatic carboxylic acids is 2. The van der Waals surface area contributed by atoms with Crippen molar-refractivity contribution in [3.05, 3.63) is 35.4 Å². The molecule has 1 amide bonds. The third kappa shape index (κ3) is 7.99. The third-order valence-electron chi connectivity index (χ3n) is 3.51. The molecule has 1 aliphatic heterocycles. The smallest absolute Gasteiger partial charge is 0.417 e. The Kier molecular flexibility index (Phi) is 8.48. The van der Waals surface area contributed by atoms with Crippen LogP contribution in [0.5, 0.6) is 0 Å². The van der Waals surface area contributed by atoms with Gasteiger partial charge in [-0.3, -0.25) is 19.2 Å². The van der Waals surface area contributed by atoms with E-state index in [0.717, 1.165) is 30.0 Å². The van der Waals surface area contributed by atoms with Gasteiger partial charge in [0.2, 0.25) is 5.91 Å². The van der Waals surface area contributed by atoms with Crippen LogP contribution in [0.1, 0.15) is 29.3 Å². The largest absolute Gasteiger partial charge is 0.481 e. The van der Waals surface area contributed by atoms with Crippen LogP contribution in [0.25, 0.3) is 0 Å². The van der Waals surface area contributed by atoms with Crippen molar-refractivity contribution in [2.75, 3.05) is 12.3 Å². The first-order valence-electron chi connectivity index (χ1n) is 7.96. The fourth-order valence-electron chi connectivity index (χ4n) is 1.97. The normalized spacial score (nSPS) is 14.8.